The third kappa shape index (κ3) is 4.37. The van der Waals surface area contributed by atoms with Gasteiger partial charge in [0.2, 0.25) is 10.0 Å². The molecule has 0 saturated heterocycles. The van der Waals surface area contributed by atoms with Crippen LogP contribution in [0.4, 0.5) is 11.4 Å². The van der Waals surface area contributed by atoms with Gasteiger partial charge in [0, 0.05) is 19.6 Å². The van der Waals surface area contributed by atoms with Crippen molar-refractivity contribution < 1.29 is 8.42 Å². The normalized spacial score (nSPS) is 14.6. The van der Waals surface area contributed by atoms with Crippen molar-refractivity contribution in [2.45, 2.75) is 6.42 Å². The summed E-state index contributed by atoms with van der Waals surface area (Å²) in [6.07, 6.45) is 0.534. The zero-order chi connectivity index (χ0) is 18.6. The number of aryl methyl sites for hydroxylation is 1. The van der Waals surface area contributed by atoms with Crippen molar-refractivity contribution >= 4 is 21.4 Å². The lowest BCUT2D eigenvalue weighted by Gasteiger charge is -2.38. The first-order valence-corrected chi connectivity index (χ1v) is 10.6. The maximum atomic E-state index is 13.0. The van der Waals surface area contributed by atoms with Crippen molar-refractivity contribution in [3.63, 3.8) is 0 Å². The number of fused-ring (bicyclic) bond motifs is 1. The van der Waals surface area contributed by atoms with Gasteiger partial charge in [-0.1, -0.05) is 42.5 Å². The Kier molecular flexibility index (Phi) is 5.84. The zero-order valence-corrected chi connectivity index (χ0v) is 16.3. The highest BCUT2D eigenvalue weighted by Crippen LogP contribution is 2.34. The molecule has 0 amide bonds. The number of hydrogen-bond acceptors (Lipinski definition) is 4. The molecule has 3 rings (SSSR count). The number of anilines is 2. The number of sulfonamides is 1. The second-order valence-corrected chi connectivity index (χ2v) is 8.92. The number of nitrogens with zero attached hydrogens (tertiary/aromatic N) is 3. The molecule has 0 saturated carbocycles. The van der Waals surface area contributed by atoms with Crippen LogP contribution in [-0.2, 0) is 16.4 Å². The van der Waals surface area contributed by atoms with Crippen LogP contribution in [0.15, 0.2) is 54.6 Å². The van der Waals surface area contributed by atoms with Crippen LogP contribution in [-0.4, -0.2) is 59.3 Å². The standard InChI is InChI=1S/C20H27N3O2S/c1-21(2)13-14-22-15-16-23(20-11-7-6-10-19(20)22)26(24,25)17-12-18-8-4-3-5-9-18/h3-11H,12-17H2,1-2H3. The topological polar surface area (TPSA) is 43.9 Å². The summed E-state index contributed by atoms with van der Waals surface area (Å²) in [5.74, 6) is 0.128. The van der Waals surface area contributed by atoms with Crippen molar-refractivity contribution in [3.05, 3.63) is 60.2 Å². The van der Waals surface area contributed by atoms with Gasteiger partial charge in [-0.05, 0) is 38.2 Å². The molecule has 0 atom stereocenters. The van der Waals surface area contributed by atoms with Gasteiger partial charge in [0.25, 0.3) is 0 Å². The van der Waals surface area contributed by atoms with Crippen LogP contribution in [0.1, 0.15) is 5.56 Å². The Morgan fingerprint density at radius 3 is 2.27 bits per heavy atom. The third-order valence-electron chi connectivity index (χ3n) is 4.71. The fourth-order valence-electron chi connectivity index (χ4n) is 3.24. The Hall–Kier alpha value is -2.05. The van der Waals surface area contributed by atoms with Crippen molar-refractivity contribution in [1.82, 2.24) is 4.90 Å². The quantitative estimate of drug-likeness (QED) is 0.748. The van der Waals surface area contributed by atoms with Crippen LogP contribution in [0.3, 0.4) is 0 Å². The Labute approximate surface area is 156 Å². The summed E-state index contributed by atoms with van der Waals surface area (Å²) in [5.41, 5.74) is 2.85. The number of para-hydroxylation sites is 2. The first-order chi connectivity index (χ1) is 12.5. The molecule has 0 unspecified atom stereocenters. The molecule has 6 heteroatoms. The molecule has 0 radical (unpaired) electrons. The summed E-state index contributed by atoms with van der Waals surface area (Å²) in [6, 6.07) is 17.6. The van der Waals surface area contributed by atoms with Gasteiger partial charge in [-0.3, -0.25) is 4.31 Å². The number of likely N-dealkylation sites (N-methyl/N-ethyl adjacent to an activating group) is 1. The van der Waals surface area contributed by atoms with Gasteiger partial charge in [0.15, 0.2) is 0 Å². The molecule has 0 aromatic heterocycles. The Balaban J connectivity index is 1.78. The van der Waals surface area contributed by atoms with Gasteiger partial charge >= 0.3 is 0 Å². The molecule has 0 bridgehead atoms. The lowest BCUT2D eigenvalue weighted by atomic mass is 10.2. The number of rotatable bonds is 7. The van der Waals surface area contributed by atoms with Crippen LogP contribution >= 0.6 is 0 Å². The second-order valence-electron chi connectivity index (χ2n) is 6.90. The molecule has 1 aliphatic rings. The van der Waals surface area contributed by atoms with Gasteiger partial charge in [-0.15, -0.1) is 0 Å². The van der Waals surface area contributed by atoms with Crippen LogP contribution in [0.25, 0.3) is 0 Å². The van der Waals surface area contributed by atoms with Crippen LogP contribution < -0.4 is 9.21 Å². The second kappa shape index (κ2) is 8.10. The largest absolute Gasteiger partial charge is 0.367 e. The molecule has 0 N–H and O–H groups in total. The van der Waals surface area contributed by atoms with E-state index in [0.717, 1.165) is 36.6 Å². The minimum atomic E-state index is -3.35. The minimum Gasteiger partial charge on any atom is -0.367 e. The summed E-state index contributed by atoms with van der Waals surface area (Å²) in [6.45, 7) is 3.05. The lowest BCUT2D eigenvalue weighted by Crippen LogP contribution is -2.46. The Morgan fingerprint density at radius 1 is 0.923 bits per heavy atom. The lowest BCUT2D eigenvalue weighted by molar-refractivity contribution is 0.413. The van der Waals surface area contributed by atoms with E-state index in [1.165, 1.54) is 0 Å². The van der Waals surface area contributed by atoms with Crippen molar-refractivity contribution in [2.24, 2.45) is 0 Å². The maximum absolute atomic E-state index is 13.0. The molecule has 0 spiro atoms. The SMILES string of the molecule is CN(C)CCN1CCN(S(=O)(=O)CCc2ccccc2)c2ccccc21. The average molecular weight is 374 g/mol. The smallest absolute Gasteiger partial charge is 0.235 e. The molecule has 2 aromatic carbocycles. The van der Waals surface area contributed by atoms with E-state index < -0.39 is 10.0 Å². The fraction of sp³-hybridized carbons (Fsp3) is 0.400. The van der Waals surface area contributed by atoms with E-state index in [1.54, 1.807) is 4.31 Å². The number of benzene rings is 2. The first kappa shape index (κ1) is 18.7. The van der Waals surface area contributed by atoms with Crippen LogP contribution in [0.5, 0.6) is 0 Å². The summed E-state index contributed by atoms with van der Waals surface area (Å²) < 4.78 is 27.6. The maximum Gasteiger partial charge on any atom is 0.235 e. The summed E-state index contributed by atoms with van der Waals surface area (Å²) in [4.78, 5) is 4.42. The number of hydrogen-bond donors (Lipinski definition) is 0. The Morgan fingerprint density at radius 2 is 1.58 bits per heavy atom. The summed E-state index contributed by atoms with van der Waals surface area (Å²) >= 11 is 0. The van der Waals surface area contributed by atoms with E-state index in [4.69, 9.17) is 0 Å². The van der Waals surface area contributed by atoms with E-state index in [2.05, 4.69) is 23.9 Å². The van der Waals surface area contributed by atoms with Gasteiger partial charge in [0.05, 0.1) is 23.7 Å². The molecule has 0 aliphatic carbocycles. The van der Waals surface area contributed by atoms with Crippen molar-refractivity contribution in [2.75, 3.05) is 55.2 Å². The fourth-order valence-corrected chi connectivity index (χ4v) is 4.77. The Bertz CT molecular complexity index is 822. The predicted octanol–water partition coefficient (Wildman–Crippen LogP) is 2.45. The average Bonchev–Trinajstić information content (AvgIpc) is 2.65. The van der Waals surface area contributed by atoms with E-state index in [0.29, 0.717) is 13.0 Å². The van der Waals surface area contributed by atoms with Crippen LogP contribution in [0.2, 0.25) is 0 Å². The minimum absolute atomic E-state index is 0.128. The van der Waals surface area contributed by atoms with E-state index in [-0.39, 0.29) is 5.75 Å². The predicted molar refractivity (Wildman–Crippen MR) is 108 cm³/mol. The van der Waals surface area contributed by atoms with Gasteiger partial charge in [-0.25, -0.2) is 8.42 Å². The van der Waals surface area contributed by atoms with Crippen molar-refractivity contribution in [1.29, 1.82) is 0 Å². The molecule has 2 aromatic rings. The molecule has 1 heterocycles. The zero-order valence-electron chi connectivity index (χ0n) is 15.5. The molecular weight excluding hydrogens is 346 g/mol. The molecule has 5 nitrogen and oxygen atoms in total. The van der Waals surface area contributed by atoms with Crippen molar-refractivity contribution in [3.8, 4) is 0 Å². The van der Waals surface area contributed by atoms with Crippen LogP contribution in [0, 0.1) is 0 Å². The molecule has 26 heavy (non-hydrogen) atoms. The van der Waals surface area contributed by atoms with Gasteiger partial charge in [-0.2, -0.15) is 0 Å². The highest BCUT2D eigenvalue weighted by molar-refractivity contribution is 7.92. The highest BCUT2D eigenvalue weighted by Gasteiger charge is 2.30. The highest BCUT2D eigenvalue weighted by atomic mass is 32.2. The molecule has 1 aliphatic heterocycles. The summed E-state index contributed by atoms with van der Waals surface area (Å²) in [7, 11) is 0.750. The van der Waals surface area contributed by atoms with E-state index in [9.17, 15) is 8.42 Å². The molecule has 0 fully saturated rings. The van der Waals surface area contributed by atoms with E-state index >= 15 is 0 Å². The van der Waals surface area contributed by atoms with E-state index in [1.807, 2.05) is 54.6 Å². The molecular formula is C20H27N3O2S. The van der Waals surface area contributed by atoms with Gasteiger partial charge in [0.1, 0.15) is 0 Å². The monoisotopic (exact) mass is 373 g/mol. The third-order valence-corrected chi connectivity index (χ3v) is 6.48. The summed E-state index contributed by atoms with van der Waals surface area (Å²) in [5, 5.41) is 0. The van der Waals surface area contributed by atoms with Gasteiger partial charge < -0.3 is 9.80 Å². The molecule has 140 valence electrons. The first-order valence-electron chi connectivity index (χ1n) is 9.00.